The Morgan fingerprint density at radius 2 is 2.17 bits per heavy atom. The standard InChI is InChI=1S/C12H16BrN5/c1-17(2)12-5-4-9(13)6-11(12)14-7-10-8-18(3)16-15-10/h4-6,8,14H,7H2,1-3H3. The van der Waals surface area contributed by atoms with Crippen LogP contribution in [0.15, 0.2) is 28.9 Å². The van der Waals surface area contributed by atoms with E-state index in [1.165, 1.54) is 0 Å². The van der Waals surface area contributed by atoms with Crippen molar-refractivity contribution in [2.24, 2.45) is 7.05 Å². The van der Waals surface area contributed by atoms with Gasteiger partial charge in [-0.3, -0.25) is 4.68 Å². The summed E-state index contributed by atoms with van der Waals surface area (Å²) in [6.07, 6.45) is 1.90. The fourth-order valence-electron chi connectivity index (χ4n) is 1.70. The van der Waals surface area contributed by atoms with Gasteiger partial charge in [0.15, 0.2) is 0 Å². The predicted octanol–water partition coefficient (Wildman–Crippen LogP) is 2.26. The first-order valence-electron chi connectivity index (χ1n) is 5.62. The Kier molecular flexibility index (Phi) is 3.86. The molecule has 1 heterocycles. The number of aryl methyl sites for hydroxylation is 1. The molecule has 0 saturated heterocycles. The molecular weight excluding hydrogens is 294 g/mol. The number of rotatable bonds is 4. The van der Waals surface area contributed by atoms with Crippen LogP contribution in [0.25, 0.3) is 0 Å². The summed E-state index contributed by atoms with van der Waals surface area (Å²) in [7, 11) is 5.91. The number of nitrogens with one attached hydrogen (secondary N) is 1. The maximum atomic E-state index is 4.05. The highest BCUT2D eigenvalue weighted by Gasteiger charge is 2.06. The SMILES string of the molecule is CN(C)c1ccc(Br)cc1NCc1cn(C)nn1. The van der Waals surface area contributed by atoms with Gasteiger partial charge in [0.05, 0.1) is 17.9 Å². The second-order valence-corrected chi connectivity index (χ2v) is 5.21. The van der Waals surface area contributed by atoms with Crippen LogP contribution in [0.1, 0.15) is 5.69 Å². The zero-order chi connectivity index (χ0) is 13.1. The Morgan fingerprint density at radius 1 is 1.39 bits per heavy atom. The van der Waals surface area contributed by atoms with Crippen molar-refractivity contribution in [2.75, 3.05) is 24.3 Å². The van der Waals surface area contributed by atoms with Crippen molar-refractivity contribution in [2.45, 2.75) is 6.54 Å². The van der Waals surface area contributed by atoms with Crippen molar-refractivity contribution in [1.82, 2.24) is 15.0 Å². The topological polar surface area (TPSA) is 46.0 Å². The predicted molar refractivity (Wildman–Crippen MR) is 76.8 cm³/mol. The van der Waals surface area contributed by atoms with Gasteiger partial charge in [0.25, 0.3) is 0 Å². The molecule has 0 fully saturated rings. The first-order chi connectivity index (χ1) is 8.56. The van der Waals surface area contributed by atoms with Crippen LogP contribution < -0.4 is 10.2 Å². The van der Waals surface area contributed by atoms with E-state index in [4.69, 9.17) is 0 Å². The molecule has 0 aliphatic carbocycles. The smallest absolute Gasteiger partial charge is 0.102 e. The highest BCUT2D eigenvalue weighted by molar-refractivity contribution is 9.10. The molecule has 1 N–H and O–H groups in total. The van der Waals surface area contributed by atoms with Gasteiger partial charge < -0.3 is 10.2 Å². The minimum absolute atomic E-state index is 0.658. The van der Waals surface area contributed by atoms with Gasteiger partial charge in [-0.25, -0.2) is 0 Å². The lowest BCUT2D eigenvalue weighted by Crippen LogP contribution is -2.12. The number of halogens is 1. The molecule has 6 heteroatoms. The summed E-state index contributed by atoms with van der Waals surface area (Å²) in [4.78, 5) is 2.07. The minimum atomic E-state index is 0.658. The van der Waals surface area contributed by atoms with E-state index in [1.54, 1.807) is 4.68 Å². The number of benzene rings is 1. The summed E-state index contributed by atoms with van der Waals surface area (Å²) in [5, 5.41) is 11.3. The lowest BCUT2D eigenvalue weighted by molar-refractivity contribution is 0.713. The Labute approximate surface area is 115 Å². The summed E-state index contributed by atoms with van der Waals surface area (Å²) in [6, 6.07) is 6.16. The van der Waals surface area contributed by atoms with E-state index in [0.29, 0.717) is 6.54 Å². The van der Waals surface area contributed by atoms with E-state index >= 15 is 0 Å². The van der Waals surface area contributed by atoms with Crippen LogP contribution in [0.4, 0.5) is 11.4 Å². The highest BCUT2D eigenvalue weighted by Crippen LogP contribution is 2.28. The molecule has 0 spiro atoms. The summed E-state index contributed by atoms with van der Waals surface area (Å²) in [5.74, 6) is 0. The summed E-state index contributed by atoms with van der Waals surface area (Å²) >= 11 is 3.49. The van der Waals surface area contributed by atoms with Gasteiger partial charge in [-0.15, -0.1) is 5.10 Å². The average Bonchev–Trinajstić information content (AvgIpc) is 2.72. The molecule has 0 saturated carbocycles. The van der Waals surface area contributed by atoms with E-state index in [1.807, 2.05) is 33.4 Å². The molecule has 0 radical (unpaired) electrons. The average molecular weight is 310 g/mol. The third kappa shape index (κ3) is 3.01. The summed E-state index contributed by atoms with van der Waals surface area (Å²) in [6.45, 7) is 0.658. The van der Waals surface area contributed by atoms with Crippen molar-refractivity contribution in [3.8, 4) is 0 Å². The molecule has 0 aliphatic rings. The van der Waals surface area contributed by atoms with Crippen molar-refractivity contribution in [3.05, 3.63) is 34.6 Å². The monoisotopic (exact) mass is 309 g/mol. The van der Waals surface area contributed by atoms with Crippen LogP contribution >= 0.6 is 15.9 Å². The molecule has 0 unspecified atom stereocenters. The van der Waals surface area contributed by atoms with Gasteiger partial charge in [-0.1, -0.05) is 21.1 Å². The van der Waals surface area contributed by atoms with Gasteiger partial charge >= 0.3 is 0 Å². The quantitative estimate of drug-likeness (QED) is 0.941. The molecule has 0 aliphatic heterocycles. The third-order valence-corrected chi connectivity index (χ3v) is 3.04. The Morgan fingerprint density at radius 3 is 2.78 bits per heavy atom. The molecule has 1 aromatic heterocycles. The summed E-state index contributed by atoms with van der Waals surface area (Å²) < 4.78 is 2.75. The van der Waals surface area contributed by atoms with Crippen LogP contribution in [0, 0.1) is 0 Å². The van der Waals surface area contributed by atoms with Crippen LogP contribution in [-0.4, -0.2) is 29.1 Å². The molecule has 0 amide bonds. The summed E-state index contributed by atoms with van der Waals surface area (Å²) in [5.41, 5.74) is 3.13. The van der Waals surface area contributed by atoms with E-state index in [-0.39, 0.29) is 0 Å². The third-order valence-electron chi connectivity index (χ3n) is 2.55. The lowest BCUT2D eigenvalue weighted by Gasteiger charge is -2.18. The van der Waals surface area contributed by atoms with Gasteiger partial charge in [0.1, 0.15) is 5.69 Å². The number of hydrogen-bond acceptors (Lipinski definition) is 4. The van der Waals surface area contributed by atoms with E-state index in [0.717, 1.165) is 21.5 Å². The molecule has 2 aromatic rings. The maximum absolute atomic E-state index is 4.05. The second-order valence-electron chi connectivity index (χ2n) is 4.29. The van der Waals surface area contributed by atoms with E-state index in [9.17, 15) is 0 Å². The first kappa shape index (κ1) is 12.9. The number of hydrogen-bond donors (Lipinski definition) is 1. The molecule has 18 heavy (non-hydrogen) atoms. The molecule has 2 rings (SSSR count). The van der Waals surface area contributed by atoms with Gasteiger partial charge in [-0.2, -0.15) is 0 Å². The number of nitrogens with zero attached hydrogens (tertiary/aromatic N) is 4. The van der Waals surface area contributed by atoms with Gasteiger partial charge in [-0.05, 0) is 18.2 Å². The molecule has 5 nitrogen and oxygen atoms in total. The van der Waals surface area contributed by atoms with Crippen LogP contribution in [0.5, 0.6) is 0 Å². The van der Waals surface area contributed by atoms with Crippen LogP contribution in [-0.2, 0) is 13.6 Å². The van der Waals surface area contributed by atoms with Gasteiger partial charge in [0, 0.05) is 31.8 Å². The van der Waals surface area contributed by atoms with Crippen molar-refractivity contribution in [3.63, 3.8) is 0 Å². The van der Waals surface area contributed by atoms with Crippen LogP contribution in [0.3, 0.4) is 0 Å². The molecular formula is C12H16BrN5. The first-order valence-corrected chi connectivity index (χ1v) is 6.41. The largest absolute Gasteiger partial charge is 0.378 e. The second kappa shape index (κ2) is 5.39. The minimum Gasteiger partial charge on any atom is -0.378 e. The Balaban J connectivity index is 2.15. The zero-order valence-electron chi connectivity index (χ0n) is 10.7. The molecule has 96 valence electrons. The van der Waals surface area contributed by atoms with Gasteiger partial charge in [0.2, 0.25) is 0 Å². The fourth-order valence-corrected chi connectivity index (χ4v) is 2.06. The molecule has 0 atom stereocenters. The van der Waals surface area contributed by atoms with E-state index < -0.39 is 0 Å². The van der Waals surface area contributed by atoms with Crippen molar-refractivity contribution in [1.29, 1.82) is 0 Å². The Bertz CT molecular complexity index is 535. The normalized spacial score (nSPS) is 10.4. The van der Waals surface area contributed by atoms with Crippen molar-refractivity contribution >= 4 is 27.3 Å². The zero-order valence-corrected chi connectivity index (χ0v) is 12.3. The molecule has 0 bridgehead atoms. The molecule has 1 aromatic carbocycles. The number of anilines is 2. The number of aromatic nitrogens is 3. The van der Waals surface area contributed by atoms with Crippen molar-refractivity contribution < 1.29 is 0 Å². The fraction of sp³-hybridized carbons (Fsp3) is 0.333. The van der Waals surface area contributed by atoms with Crippen LogP contribution in [0.2, 0.25) is 0 Å². The Hall–Kier alpha value is -1.56. The highest BCUT2D eigenvalue weighted by atomic mass is 79.9. The lowest BCUT2D eigenvalue weighted by atomic mass is 10.2. The van der Waals surface area contributed by atoms with E-state index in [2.05, 4.69) is 48.6 Å². The maximum Gasteiger partial charge on any atom is 0.102 e.